The van der Waals surface area contributed by atoms with Crippen molar-refractivity contribution in [2.24, 2.45) is 0 Å². The Morgan fingerprint density at radius 3 is 2.92 bits per heavy atom. The first-order chi connectivity index (χ1) is 5.66. The lowest BCUT2D eigenvalue weighted by atomic mass is 10.1. The number of ketones is 1. The van der Waals surface area contributed by atoms with E-state index in [1.54, 1.807) is 13.1 Å². The van der Waals surface area contributed by atoms with Gasteiger partial charge in [-0.25, -0.2) is 4.98 Å². The minimum atomic E-state index is -0.0834. The zero-order valence-electron chi connectivity index (χ0n) is 7.74. The molecule has 0 aliphatic carbocycles. The maximum Gasteiger partial charge on any atom is 0.140 e. The van der Waals surface area contributed by atoms with Crippen molar-refractivity contribution in [1.29, 1.82) is 0 Å². The molecule has 3 heteroatoms. The van der Waals surface area contributed by atoms with Gasteiger partial charge >= 0.3 is 0 Å². The van der Waals surface area contributed by atoms with Crippen molar-refractivity contribution in [2.75, 3.05) is 0 Å². The summed E-state index contributed by atoms with van der Waals surface area (Å²) in [7, 11) is 0. The second kappa shape index (κ2) is 3.52. The van der Waals surface area contributed by atoms with Crippen molar-refractivity contribution >= 4 is 5.78 Å². The van der Waals surface area contributed by atoms with E-state index in [2.05, 4.69) is 4.98 Å². The first kappa shape index (κ1) is 8.97. The lowest BCUT2D eigenvalue weighted by molar-refractivity contribution is -0.118. The maximum atomic E-state index is 11.1. The molecule has 3 nitrogen and oxygen atoms in total. The van der Waals surface area contributed by atoms with Crippen molar-refractivity contribution in [3.05, 3.63) is 18.2 Å². The molecule has 1 heterocycles. The SMILES string of the molecule is CCn1ccnc1C(C)C(C)=O. The number of nitrogens with zero attached hydrogens (tertiary/aromatic N) is 2. The maximum absolute atomic E-state index is 11.1. The summed E-state index contributed by atoms with van der Waals surface area (Å²) >= 11 is 0. The van der Waals surface area contributed by atoms with E-state index in [1.807, 2.05) is 24.6 Å². The van der Waals surface area contributed by atoms with Crippen LogP contribution in [0.4, 0.5) is 0 Å². The predicted molar refractivity (Wildman–Crippen MR) is 47.0 cm³/mol. The van der Waals surface area contributed by atoms with E-state index in [0.717, 1.165) is 12.4 Å². The van der Waals surface area contributed by atoms with Gasteiger partial charge in [0.2, 0.25) is 0 Å². The number of Topliss-reactive ketones (excluding diaryl/α,β-unsaturated/α-hetero) is 1. The van der Waals surface area contributed by atoms with Crippen LogP contribution in [0.15, 0.2) is 12.4 Å². The summed E-state index contributed by atoms with van der Waals surface area (Å²) in [5, 5.41) is 0. The van der Waals surface area contributed by atoms with Crippen LogP contribution in [-0.2, 0) is 11.3 Å². The van der Waals surface area contributed by atoms with Gasteiger partial charge in [0.25, 0.3) is 0 Å². The minimum absolute atomic E-state index is 0.0834. The highest BCUT2D eigenvalue weighted by Crippen LogP contribution is 2.13. The van der Waals surface area contributed by atoms with Gasteiger partial charge in [0.15, 0.2) is 0 Å². The van der Waals surface area contributed by atoms with Crippen LogP contribution in [0.5, 0.6) is 0 Å². The average Bonchev–Trinajstić information content (AvgIpc) is 2.49. The third-order valence-electron chi connectivity index (χ3n) is 2.09. The highest BCUT2D eigenvalue weighted by Gasteiger charge is 2.14. The molecule has 1 aromatic rings. The van der Waals surface area contributed by atoms with Crippen molar-refractivity contribution < 1.29 is 4.79 Å². The quantitative estimate of drug-likeness (QED) is 0.683. The molecule has 0 amide bonds. The molecule has 0 aromatic carbocycles. The topological polar surface area (TPSA) is 34.9 Å². The second-order valence-electron chi connectivity index (χ2n) is 2.90. The van der Waals surface area contributed by atoms with Gasteiger partial charge in [0.05, 0.1) is 5.92 Å². The van der Waals surface area contributed by atoms with Gasteiger partial charge in [0.1, 0.15) is 11.6 Å². The van der Waals surface area contributed by atoms with Crippen LogP contribution in [0.25, 0.3) is 0 Å². The van der Waals surface area contributed by atoms with Crippen LogP contribution in [-0.4, -0.2) is 15.3 Å². The van der Waals surface area contributed by atoms with Crippen LogP contribution in [0.1, 0.15) is 32.5 Å². The summed E-state index contributed by atoms with van der Waals surface area (Å²) in [5.41, 5.74) is 0. The summed E-state index contributed by atoms with van der Waals surface area (Å²) < 4.78 is 1.99. The van der Waals surface area contributed by atoms with Crippen LogP contribution >= 0.6 is 0 Å². The van der Waals surface area contributed by atoms with Gasteiger partial charge in [0, 0.05) is 18.9 Å². The highest BCUT2D eigenvalue weighted by atomic mass is 16.1. The number of carbonyl (C=O) groups is 1. The smallest absolute Gasteiger partial charge is 0.140 e. The zero-order valence-corrected chi connectivity index (χ0v) is 7.74. The molecule has 0 N–H and O–H groups in total. The van der Waals surface area contributed by atoms with Crippen molar-refractivity contribution in [3.8, 4) is 0 Å². The molecule has 0 spiro atoms. The third kappa shape index (κ3) is 1.55. The first-order valence-corrected chi connectivity index (χ1v) is 4.18. The van der Waals surface area contributed by atoms with E-state index >= 15 is 0 Å². The van der Waals surface area contributed by atoms with E-state index in [4.69, 9.17) is 0 Å². The summed E-state index contributed by atoms with van der Waals surface area (Å²) in [6.45, 7) is 6.39. The number of aryl methyl sites for hydroxylation is 1. The molecule has 0 fully saturated rings. The first-order valence-electron chi connectivity index (χ1n) is 4.18. The van der Waals surface area contributed by atoms with Crippen LogP contribution in [0.2, 0.25) is 0 Å². The Hall–Kier alpha value is -1.12. The summed E-state index contributed by atoms with van der Waals surface area (Å²) in [4.78, 5) is 15.2. The Bertz CT molecular complexity index is 278. The zero-order chi connectivity index (χ0) is 9.14. The molecule has 0 bridgehead atoms. The van der Waals surface area contributed by atoms with Crippen molar-refractivity contribution in [3.63, 3.8) is 0 Å². The third-order valence-corrected chi connectivity index (χ3v) is 2.09. The second-order valence-corrected chi connectivity index (χ2v) is 2.90. The molecule has 0 aliphatic rings. The van der Waals surface area contributed by atoms with Gasteiger partial charge in [-0.3, -0.25) is 4.79 Å². The molecule has 1 aromatic heterocycles. The standard InChI is InChI=1S/C9H14N2O/c1-4-11-6-5-10-9(11)7(2)8(3)12/h5-7H,4H2,1-3H3. The normalized spacial score (nSPS) is 12.9. The van der Waals surface area contributed by atoms with Crippen LogP contribution in [0.3, 0.4) is 0 Å². The fraction of sp³-hybridized carbons (Fsp3) is 0.556. The van der Waals surface area contributed by atoms with Gasteiger partial charge in [-0.15, -0.1) is 0 Å². The minimum Gasteiger partial charge on any atom is -0.335 e. The number of hydrogen-bond donors (Lipinski definition) is 0. The lowest BCUT2D eigenvalue weighted by Gasteiger charge is -2.08. The number of imidazole rings is 1. The fourth-order valence-electron chi connectivity index (χ4n) is 1.15. The van der Waals surface area contributed by atoms with E-state index in [1.165, 1.54) is 0 Å². The van der Waals surface area contributed by atoms with Crippen LogP contribution in [0, 0.1) is 0 Å². The summed E-state index contributed by atoms with van der Waals surface area (Å²) in [5.74, 6) is 0.945. The Kier molecular flexibility index (Phi) is 2.63. The van der Waals surface area contributed by atoms with Crippen molar-refractivity contribution in [1.82, 2.24) is 9.55 Å². The Morgan fingerprint density at radius 2 is 2.42 bits per heavy atom. The molecule has 1 unspecified atom stereocenters. The molecular formula is C9H14N2O. The van der Waals surface area contributed by atoms with Gasteiger partial charge in [-0.2, -0.15) is 0 Å². The van der Waals surface area contributed by atoms with Crippen molar-refractivity contribution in [2.45, 2.75) is 33.2 Å². The largest absolute Gasteiger partial charge is 0.335 e. The molecule has 1 atom stereocenters. The van der Waals surface area contributed by atoms with E-state index in [0.29, 0.717) is 0 Å². The lowest BCUT2D eigenvalue weighted by Crippen LogP contribution is -2.11. The number of rotatable bonds is 3. The molecule has 0 saturated carbocycles. The van der Waals surface area contributed by atoms with E-state index in [-0.39, 0.29) is 11.7 Å². The average molecular weight is 166 g/mol. The summed E-state index contributed by atoms with van der Waals surface area (Å²) in [6, 6.07) is 0. The molecule has 12 heavy (non-hydrogen) atoms. The van der Waals surface area contributed by atoms with E-state index < -0.39 is 0 Å². The van der Waals surface area contributed by atoms with Gasteiger partial charge in [-0.05, 0) is 20.8 Å². The van der Waals surface area contributed by atoms with Gasteiger partial charge in [-0.1, -0.05) is 0 Å². The molecule has 0 saturated heterocycles. The number of hydrogen-bond acceptors (Lipinski definition) is 2. The molecule has 0 aliphatic heterocycles. The van der Waals surface area contributed by atoms with E-state index in [9.17, 15) is 4.79 Å². The molecular weight excluding hydrogens is 152 g/mol. The molecule has 0 radical (unpaired) electrons. The molecule has 1 rings (SSSR count). The van der Waals surface area contributed by atoms with Gasteiger partial charge < -0.3 is 4.57 Å². The molecule has 66 valence electrons. The number of aromatic nitrogens is 2. The fourth-order valence-corrected chi connectivity index (χ4v) is 1.15. The summed E-state index contributed by atoms with van der Waals surface area (Å²) in [6.07, 6.45) is 3.63. The predicted octanol–water partition coefficient (Wildman–Crippen LogP) is 1.60. The highest BCUT2D eigenvalue weighted by molar-refractivity contribution is 5.81. The Balaban J connectivity index is 2.93. The van der Waals surface area contributed by atoms with Crippen LogP contribution < -0.4 is 0 Å². The number of carbonyl (C=O) groups excluding carboxylic acids is 1. The Morgan fingerprint density at radius 1 is 1.75 bits per heavy atom. The monoisotopic (exact) mass is 166 g/mol. The Labute approximate surface area is 72.4 Å².